The Kier molecular flexibility index (Phi) is 9.09. The standard InChI is InChI=1S/C24H34N2O/c1-5-8-10-12-21(4)14-16-25-17-15-24-22(18-25)19-27-20-26(24)23(11-7-3)13-9-6-2/h5-13,22,24H,1-3,14-20H2,4H3/b10-8-,13-9-,21-12+,23-11+. The molecule has 0 aromatic heterocycles. The molecule has 0 N–H and O–H groups in total. The molecule has 0 bridgehead atoms. The molecule has 0 aliphatic carbocycles. The second-order valence-electron chi connectivity index (χ2n) is 7.19. The molecule has 0 aromatic rings. The van der Waals surface area contributed by atoms with E-state index in [0.717, 1.165) is 38.4 Å². The molecular weight excluding hydrogens is 332 g/mol. The average Bonchev–Trinajstić information content (AvgIpc) is 2.69. The fraction of sp³-hybridized carbons (Fsp3) is 0.417. The fourth-order valence-corrected chi connectivity index (χ4v) is 3.79. The quantitative estimate of drug-likeness (QED) is 0.542. The van der Waals surface area contributed by atoms with Crippen molar-refractivity contribution >= 4 is 0 Å². The van der Waals surface area contributed by atoms with Gasteiger partial charge in [0.2, 0.25) is 0 Å². The third-order valence-electron chi connectivity index (χ3n) is 5.21. The highest BCUT2D eigenvalue weighted by molar-refractivity contribution is 5.25. The summed E-state index contributed by atoms with van der Waals surface area (Å²) in [5, 5.41) is 0. The van der Waals surface area contributed by atoms with Crippen LogP contribution in [0, 0.1) is 5.92 Å². The summed E-state index contributed by atoms with van der Waals surface area (Å²) in [6.07, 6.45) is 20.1. The minimum Gasteiger partial charge on any atom is -0.361 e. The van der Waals surface area contributed by atoms with Crippen molar-refractivity contribution in [2.45, 2.75) is 25.8 Å². The molecule has 3 nitrogen and oxygen atoms in total. The van der Waals surface area contributed by atoms with Gasteiger partial charge in [-0.15, -0.1) is 0 Å². The summed E-state index contributed by atoms with van der Waals surface area (Å²) in [5.74, 6) is 0.544. The zero-order chi connectivity index (χ0) is 19.5. The zero-order valence-electron chi connectivity index (χ0n) is 16.7. The number of likely N-dealkylation sites (tertiary alicyclic amines) is 1. The van der Waals surface area contributed by atoms with Gasteiger partial charge in [-0.05, 0) is 31.9 Å². The maximum absolute atomic E-state index is 5.93. The molecule has 2 atom stereocenters. The van der Waals surface area contributed by atoms with Crippen LogP contribution in [0.2, 0.25) is 0 Å². The molecule has 2 aliphatic rings. The highest BCUT2D eigenvalue weighted by Crippen LogP contribution is 2.30. The van der Waals surface area contributed by atoms with Crippen LogP contribution in [0.5, 0.6) is 0 Å². The van der Waals surface area contributed by atoms with Crippen LogP contribution in [0.25, 0.3) is 0 Å². The molecule has 0 aromatic carbocycles. The molecule has 2 rings (SSSR count). The van der Waals surface area contributed by atoms with Crippen LogP contribution < -0.4 is 0 Å². The van der Waals surface area contributed by atoms with Crippen LogP contribution >= 0.6 is 0 Å². The van der Waals surface area contributed by atoms with E-state index in [0.29, 0.717) is 18.7 Å². The second-order valence-corrected chi connectivity index (χ2v) is 7.19. The minimum absolute atomic E-state index is 0.530. The van der Waals surface area contributed by atoms with Gasteiger partial charge in [0.05, 0.1) is 6.61 Å². The molecule has 2 saturated heterocycles. The number of fused-ring (bicyclic) bond motifs is 1. The first kappa shape index (κ1) is 21.2. The van der Waals surface area contributed by atoms with Gasteiger partial charge < -0.3 is 14.5 Å². The second kappa shape index (κ2) is 11.6. The first-order chi connectivity index (χ1) is 13.2. The zero-order valence-corrected chi connectivity index (χ0v) is 16.7. The van der Waals surface area contributed by atoms with Gasteiger partial charge in [0.25, 0.3) is 0 Å². The molecule has 146 valence electrons. The lowest BCUT2D eigenvalue weighted by molar-refractivity contribution is -0.0895. The van der Waals surface area contributed by atoms with Crippen molar-refractivity contribution in [1.29, 1.82) is 0 Å². The minimum atomic E-state index is 0.530. The van der Waals surface area contributed by atoms with Crippen molar-refractivity contribution in [3.63, 3.8) is 0 Å². The van der Waals surface area contributed by atoms with E-state index in [1.165, 1.54) is 12.0 Å². The summed E-state index contributed by atoms with van der Waals surface area (Å²) in [6, 6.07) is 0.530. The van der Waals surface area contributed by atoms with Gasteiger partial charge in [0.15, 0.2) is 0 Å². The fourth-order valence-electron chi connectivity index (χ4n) is 3.79. The number of piperidine rings is 1. The number of allylic oxidation sites excluding steroid dienone is 9. The van der Waals surface area contributed by atoms with Crippen molar-refractivity contribution in [1.82, 2.24) is 9.80 Å². The van der Waals surface area contributed by atoms with Crippen molar-refractivity contribution in [3.8, 4) is 0 Å². The third-order valence-corrected chi connectivity index (χ3v) is 5.21. The van der Waals surface area contributed by atoms with Gasteiger partial charge in [-0.2, -0.15) is 0 Å². The maximum atomic E-state index is 5.93. The molecule has 0 radical (unpaired) electrons. The molecule has 2 heterocycles. The molecule has 27 heavy (non-hydrogen) atoms. The van der Waals surface area contributed by atoms with Gasteiger partial charge in [-0.25, -0.2) is 0 Å². The van der Waals surface area contributed by atoms with Crippen LogP contribution in [0.4, 0.5) is 0 Å². The van der Waals surface area contributed by atoms with E-state index in [-0.39, 0.29) is 0 Å². The molecule has 0 saturated carbocycles. The van der Waals surface area contributed by atoms with Crippen LogP contribution in [0.1, 0.15) is 19.8 Å². The average molecular weight is 367 g/mol. The molecule has 2 fully saturated rings. The van der Waals surface area contributed by atoms with Crippen molar-refractivity contribution in [2.75, 3.05) is 33.0 Å². The van der Waals surface area contributed by atoms with E-state index in [1.54, 1.807) is 0 Å². The van der Waals surface area contributed by atoms with E-state index in [1.807, 2.05) is 30.4 Å². The predicted molar refractivity (Wildman–Crippen MR) is 116 cm³/mol. The van der Waals surface area contributed by atoms with Gasteiger partial charge >= 0.3 is 0 Å². The van der Waals surface area contributed by atoms with Gasteiger partial charge in [-0.3, -0.25) is 0 Å². The Hall–Kier alpha value is -2.10. The van der Waals surface area contributed by atoms with E-state index in [2.05, 4.69) is 60.8 Å². The molecule has 0 spiro atoms. The topological polar surface area (TPSA) is 15.7 Å². The number of hydrogen-bond acceptors (Lipinski definition) is 3. The van der Waals surface area contributed by atoms with Crippen LogP contribution in [0.15, 0.2) is 85.7 Å². The van der Waals surface area contributed by atoms with Gasteiger partial charge in [0, 0.05) is 37.3 Å². The maximum Gasteiger partial charge on any atom is 0.119 e. The van der Waals surface area contributed by atoms with Gasteiger partial charge in [0.1, 0.15) is 6.73 Å². The first-order valence-electron chi connectivity index (χ1n) is 9.83. The van der Waals surface area contributed by atoms with Crippen molar-refractivity contribution < 1.29 is 4.74 Å². The molecule has 3 heteroatoms. The molecule has 2 unspecified atom stereocenters. The van der Waals surface area contributed by atoms with E-state index < -0.39 is 0 Å². The smallest absolute Gasteiger partial charge is 0.119 e. The lowest BCUT2D eigenvalue weighted by atomic mass is 9.89. The number of ether oxygens (including phenoxy) is 1. The van der Waals surface area contributed by atoms with Crippen LogP contribution in [-0.4, -0.2) is 48.8 Å². The highest BCUT2D eigenvalue weighted by Gasteiger charge is 2.36. The lowest BCUT2D eigenvalue weighted by Crippen LogP contribution is -2.55. The first-order valence-corrected chi connectivity index (χ1v) is 9.83. The number of hydrogen-bond donors (Lipinski definition) is 0. The lowest BCUT2D eigenvalue weighted by Gasteiger charge is -2.48. The molecule has 2 aliphatic heterocycles. The summed E-state index contributed by atoms with van der Waals surface area (Å²) in [7, 11) is 0. The van der Waals surface area contributed by atoms with E-state index in [4.69, 9.17) is 4.74 Å². The largest absolute Gasteiger partial charge is 0.361 e. The SMILES string of the molecule is C=C/C=C\C=C(/C)CCN1CCC2C(COCN2C(/C=C\C=C)=C/C=C)C1. The van der Waals surface area contributed by atoms with E-state index >= 15 is 0 Å². The van der Waals surface area contributed by atoms with Crippen molar-refractivity contribution in [2.24, 2.45) is 5.92 Å². The summed E-state index contributed by atoms with van der Waals surface area (Å²) in [6.45, 7) is 18.4. The Bertz CT molecular complexity index is 626. The normalized spacial score (nSPS) is 25.0. The predicted octanol–water partition coefficient (Wildman–Crippen LogP) is 4.86. The van der Waals surface area contributed by atoms with Crippen LogP contribution in [-0.2, 0) is 4.74 Å². The monoisotopic (exact) mass is 366 g/mol. The summed E-state index contributed by atoms with van der Waals surface area (Å²) in [4.78, 5) is 4.97. The molecule has 0 amide bonds. The Morgan fingerprint density at radius 1 is 1.07 bits per heavy atom. The number of nitrogens with zero attached hydrogens (tertiary/aromatic N) is 2. The Balaban J connectivity index is 1.95. The van der Waals surface area contributed by atoms with E-state index in [9.17, 15) is 0 Å². The number of rotatable bonds is 9. The highest BCUT2D eigenvalue weighted by atomic mass is 16.5. The summed E-state index contributed by atoms with van der Waals surface area (Å²) < 4.78 is 5.93. The van der Waals surface area contributed by atoms with Gasteiger partial charge in [-0.1, -0.05) is 67.8 Å². The van der Waals surface area contributed by atoms with Crippen molar-refractivity contribution in [3.05, 3.63) is 85.7 Å². The third kappa shape index (κ3) is 6.53. The summed E-state index contributed by atoms with van der Waals surface area (Å²) in [5.41, 5.74) is 2.56. The molecular formula is C24H34N2O. The Morgan fingerprint density at radius 3 is 2.63 bits per heavy atom. The summed E-state index contributed by atoms with van der Waals surface area (Å²) >= 11 is 0. The Labute approximate surface area is 165 Å². The van der Waals surface area contributed by atoms with Crippen LogP contribution in [0.3, 0.4) is 0 Å². The Morgan fingerprint density at radius 2 is 1.89 bits per heavy atom.